The van der Waals surface area contributed by atoms with E-state index in [1.165, 1.54) is 5.39 Å². The third-order valence-electron chi connectivity index (χ3n) is 3.13. The second kappa shape index (κ2) is 5.20. The van der Waals surface area contributed by atoms with E-state index in [2.05, 4.69) is 44.9 Å². The van der Waals surface area contributed by atoms with Crippen molar-refractivity contribution < 1.29 is 0 Å². The molecule has 3 aromatic rings. The smallest absolute Gasteiger partial charge is 0.0505 e. The molecule has 1 nitrogen and oxygen atoms in total. The second-order valence-electron chi connectivity index (χ2n) is 4.35. The van der Waals surface area contributed by atoms with E-state index in [0.717, 1.165) is 15.6 Å². The molecule has 0 saturated carbocycles. The van der Waals surface area contributed by atoms with Gasteiger partial charge in [-0.25, -0.2) is 0 Å². The molecule has 0 radical (unpaired) electrons. The van der Waals surface area contributed by atoms with Crippen molar-refractivity contribution in [3.8, 4) is 0 Å². The van der Waals surface area contributed by atoms with Gasteiger partial charge in [0.05, 0.1) is 6.54 Å². The van der Waals surface area contributed by atoms with Crippen LogP contribution >= 0.6 is 39.1 Å². The number of nitrogens with zero attached hydrogens (tertiary/aromatic N) is 1. The van der Waals surface area contributed by atoms with Crippen LogP contribution in [-0.4, -0.2) is 4.57 Å². The van der Waals surface area contributed by atoms with Crippen LogP contribution in [0.25, 0.3) is 10.9 Å². The topological polar surface area (TPSA) is 4.93 Å². The quantitative estimate of drug-likeness (QED) is 0.551. The van der Waals surface area contributed by atoms with Crippen LogP contribution in [-0.2, 0) is 6.54 Å². The zero-order chi connectivity index (χ0) is 13.4. The lowest BCUT2D eigenvalue weighted by Gasteiger charge is -2.09. The Balaban J connectivity index is 2.08. The van der Waals surface area contributed by atoms with Crippen molar-refractivity contribution >= 4 is 50.0 Å². The molecule has 0 saturated heterocycles. The number of rotatable bonds is 2. The lowest BCUT2D eigenvalue weighted by atomic mass is 10.2. The van der Waals surface area contributed by atoms with Crippen LogP contribution in [0.2, 0.25) is 10.0 Å². The van der Waals surface area contributed by atoms with E-state index in [1.807, 2.05) is 24.3 Å². The van der Waals surface area contributed by atoms with Crippen LogP contribution in [0.4, 0.5) is 0 Å². The molecular weight excluding hydrogens is 345 g/mol. The minimum absolute atomic E-state index is 0.665. The zero-order valence-corrected chi connectivity index (χ0v) is 13.0. The number of fused-ring (bicyclic) bond motifs is 1. The molecule has 0 amide bonds. The maximum Gasteiger partial charge on any atom is 0.0505 e. The maximum absolute atomic E-state index is 6.22. The summed E-state index contributed by atoms with van der Waals surface area (Å²) in [5.41, 5.74) is 2.11. The highest BCUT2D eigenvalue weighted by Crippen LogP contribution is 2.27. The first-order valence-electron chi connectivity index (χ1n) is 5.82. The van der Waals surface area contributed by atoms with Gasteiger partial charge in [0.1, 0.15) is 0 Å². The van der Waals surface area contributed by atoms with Crippen molar-refractivity contribution in [2.24, 2.45) is 0 Å². The van der Waals surface area contributed by atoms with Gasteiger partial charge in [-0.1, -0.05) is 51.3 Å². The number of benzene rings is 2. The fourth-order valence-corrected chi connectivity index (χ4v) is 3.01. The first-order chi connectivity index (χ1) is 9.15. The summed E-state index contributed by atoms with van der Waals surface area (Å²) in [6, 6.07) is 13.9. The summed E-state index contributed by atoms with van der Waals surface area (Å²) in [5, 5.41) is 2.60. The summed E-state index contributed by atoms with van der Waals surface area (Å²) in [7, 11) is 0. The normalized spacial score (nSPS) is 11.1. The molecule has 0 unspecified atom stereocenters. The van der Waals surface area contributed by atoms with Gasteiger partial charge in [-0.15, -0.1) is 0 Å². The Labute approximate surface area is 129 Å². The van der Waals surface area contributed by atoms with Crippen molar-refractivity contribution in [3.63, 3.8) is 0 Å². The molecule has 19 heavy (non-hydrogen) atoms. The lowest BCUT2D eigenvalue weighted by molar-refractivity contribution is 0.837. The molecule has 3 rings (SSSR count). The van der Waals surface area contributed by atoms with Crippen LogP contribution in [0.5, 0.6) is 0 Å². The number of hydrogen-bond donors (Lipinski definition) is 0. The Morgan fingerprint density at radius 2 is 1.74 bits per heavy atom. The Bertz CT molecular complexity index is 729. The predicted molar refractivity (Wildman–Crippen MR) is 85.2 cm³/mol. The van der Waals surface area contributed by atoms with Crippen LogP contribution in [0.3, 0.4) is 0 Å². The summed E-state index contributed by atoms with van der Waals surface area (Å²) in [4.78, 5) is 0. The van der Waals surface area contributed by atoms with Crippen LogP contribution in [0.15, 0.2) is 53.1 Å². The average Bonchev–Trinajstić information content (AvgIpc) is 2.76. The van der Waals surface area contributed by atoms with Crippen LogP contribution < -0.4 is 0 Å². The maximum atomic E-state index is 6.22. The molecule has 0 fully saturated rings. The summed E-state index contributed by atoms with van der Waals surface area (Å²) < 4.78 is 3.21. The summed E-state index contributed by atoms with van der Waals surface area (Å²) >= 11 is 15.9. The first kappa shape index (κ1) is 13.0. The highest BCUT2D eigenvalue weighted by atomic mass is 79.9. The third kappa shape index (κ3) is 2.53. The van der Waals surface area contributed by atoms with E-state index in [0.29, 0.717) is 16.6 Å². The first-order valence-corrected chi connectivity index (χ1v) is 7.37. The van der Waals surface area contributed by atoms with Gasteiger partial charge in [-0.3, -0.25) is 0 Å². The van der Waals surface area contributed by atoms with E-state index in [1.54, 1.807) is 0 Å². The SMILES string of the molecule is Clc1cccc(Cl)c1Cn1ccc2ccc(Br)cc21. The molecule has 1 aromatic heterocycles. The monoisotopic (exact) mass is 353 g/mol. The van der Waals surface area contributed by atoms with Gasteiger partial charge < -0.3 is 4.57 Å². The molecule has 4 heteroatoms. The molecule has 0 N–H and O–H groups in total. The van der Waals surface area contributed by atoms with Crippen molar-refractivity contribution in [2.75, 3.05) is 0 Å². The number of hydrogen-bond acceptors (Lipinski definition) is 0. The molecule has 96 valence electrons. The Morgan fingerprint density at radius 3 is 2.47 bits per heavy atom. The molecule has 0 aliphatic heterocycles. The molecule has 0 spiro atoms. The summed E-state index contributed by atoms with van der Waals surface area (Å²) in [6.07, 6.45) is 2.05. The van der Waals surface area contributed by atoms with Crippen molar-refractivity contribution in [1.82, 2.24) is 4.57 Å². The van der Waals surface area contributed by atoms with Gasteiger partial charge in [-0.2, -0.15) is 0 Å². The van der Waals surface area contributed by atoms with Crippen molar-refractivity contribution in [3.05, 3.63) is 68.7 Å². The van der Waals surface area contributed by atoms with Gasteiger partial charge in [0.25, 0.3) is 0 Å². The Kier molecular flexibility index (Phi) is 3.57. The zero-order valence-electron chi connectivity index (χ0n) is 9.91. The van der Waals surface area contributed by atoms with Crippen LogP contribution in [0, 0.1) is 0 Å². The third-order valence-corrected chi connectivity index (χ3v) is 4.33. The van der Waals surface area contributed by atoms with Gasteiger partial charge in [0.2, 0.25) is 0 Å². The number of aromatic nitrogens is 1. The van der Waals surface area contributed by atoms with Gasteiger partial charge in [0.15, 0.2) is 0 Å². The van der Waals surface area contributed by atoms with E-state index < -0.39 is 0 Å². The fourth-order valence-electron chi connectivity index (χ4n) is 2.15. The van der Waals surface area contributed by atoms with Crippen molar-refractivity contribution in [2.45, 2.75) is 6.54 Å². The summed E-state index contributed by atoms with van der Waals surface area (Å²) in [5.74, 6) is 0. The molecule has 0 aliphatic rings. The van der Waals surface area contributed by atoms with Gasteiger partial charge >= 0.3 is 0 Å². The average molecular weight is 355 g/mol. The Morgan fingerprint density at radius 1 is 1.00 bits per heavy atom. The van der Waals surface area contributed by atoms with E-state index in [4.69, 9.17) is 23.2 Å². The standard InChI is InChI=1S/C15H10BrCl2N/c16-11-5-4-10-6-7-19(15(10)8-11)9-12-13(17)2-1-3-14(12)18/h1-8H,9H2. The van der Waals surface area contributed by atoms with Crippen LogP contribution in [0.1, 0.15) is 5.56 Å². The minimum atomic E-state index is 0.665. The molecule has 0 atom stereocenters. The molecule has 0 aliphatic carbocycles. The molecule has 1 heterocycles. The van der Waals surface area contributed by atoms with Gasteiger partial charge in [0, 0.05) is 31.8 Å². The second-order valence-corrected chi connectivity index (χ2v) is 6.08. The van der Waals surface area contributed by atoms with Gasteiger partial charge in [-0.05, 0) is 35.7 Å². The molecular formula is C15H10BrCl2N. The summed E-state index contributed by atoms with van der Waals surface area (Å²) in [6.45, 7) is 0.665. The van der Waals surface area contributed by atoms with E-state index in [-0.39, 0.29) is 0 Å². The lowest BCUT2D eigenvalue weighted by Crippen LogP contribution is -1.99. The van der Waals surface area contributed by atoms with Crippen molar-refractivity contribution in [1.29, 1.82) is 0 Å². The molecule has 0 bridgehead atoms. The van der Waals surface area contributed by atoms with E-state index in [9.17, 15) is 0 Å². The minimum Gasteiger partial charge on any atom is -0.343 e. The Hall–Kier alpha value is -0.960. The highest BCUT2D eigenvalue weighted by Gasteiger charge is 2.08. The largest absolute Gasteiger partial charge is 0.343 e. The molecule has 2 aromatic carbocycles. The van der Waals surface area contributed by atoms with E-state index >= 15 is 0 Å². The number of halogens is 3. The highest BCUT2D eigenvalue weighted by molar-refractivity contribution is 9.10. The predicted octanol–water partition coefficient (Wildman–Crippen LogP) is 5.76. The fraction of sp³-hybridized carbons (Fsp3) is 0.0667.